The highest BCUT2D eigenvalue weighted by Gasteiger charge is 2.66. The van der Waals surface area contributed by atoms with E-state index in [1.807, 2.05) is 0 Å². The van der Waals surface area contributed by atoms with Crippen LogP contribution in [0.3, 0.4) is 0 Å². The number of carbonyl (C=O) groups is 2. The van der Waals surface area contributed by atoms with Gasteiger partial charge in [0.2, 0.25) is 0 Å². The molecule has 0 aliphatic heterocycles. The highest BCUT2D eigenvalue weighted by molar-refractivity contribution is 5.97. The van der Waals surface area contributed by atoms with Crippen LogP contribution in [0.15, 0.2) is 0 Å². The molecular weight excluding hydrogens is 633 g/mol. The largest absolute Gasteiger partial charge is 0.539 e. The maximum absolute atomic E-state index is 14.4. The van der Waals surface area contributed by atoms with E-state index >= 15 is 0 Å². The quantitative estimate of drug-likeness (QED) is 0.0273. The summed E-state index contributed by atoms with van der Waals surface area (Å²) in [7, 11) is 0. The number of quaternary nitrogens is 2. The first-order valence-electron chi connectivity index (χ1n) is 22.9. The Hall–Kier alpha value is -1.14. The zero-order valence-electron chi connectivity index (χ0n) is 35.5. The molecule has 0 aromatic heterocycles. The number of carbonyl (C=O) groups excluding carboxylic acids is 2. The molecule has 0 aliphatic carbocycles. The van der Waals surface area contributed by atoms with Crippen LogP contribution in [-0.2, 0) is 9.59 Å². The molecular formula is C45H90N2O4. The lowest BCUT2D eigenvalue weighted by atomic mass is 9.91. The molecule has 51 heavy (non-hydrogen) atoms. The Bertz CT molecular complexity index is 678. The van der Waals surface area contributed by atoms with Crippen LogP contribution in [0.1, 0.15) is 234 Å². The van der Waals surface area contributed by atoms with Gasteiger partial charge in [0.25, 0.3) is 0 Å². The topological polar surface area (TPSA) is 80.3 Å². The van der Waals surface area contributed by atoms with E-state index in [9.17, 15) is 19.8 Å². The van der Waals surface area contributed by atoms with Gasteiger partial charge in [-0.3, -0.25) is 8.97 Å². The second-order valence-electron chi connectivity index (χ2n) is 16.4. The van der Waals surface area contributed by atoms with E-state index in [1.54, 1.807) is 0 Å². The molecule has 0 heterocycles. The molecule has 0 amide bonds. The predicted octanol–water partition coefficient (Wildman–Crippen LogP) is 10.6. The number of carboxylic acids is 2. The van der Waals surface area contributed by atoms with Crippen molar-refractivity contribution in [3.05, 3.63) is 0 Å². The maximum atomic E-state index is 14.4. The lowest BCUT2D eigenvalue weighted by molar-refractivity contribution is -1.15. The number of aliphatic carboxylic acids is 2. The Labute approximate surface area is 319 Å². The maximum Gasteiger partial charge on any atom is 0.308 e. The molecule has 0 saturated carbocycles. The van der Waals surface area contributed by atoms with Crippen LogP contribution in [0.4, 0.5) is 0 Å². The minimum Gasteiger partial charge on any atom is -0.539 e. The van der Waals surface area contributed by atoms with Gasteiger partial charge in [0.15, 0.2) is 11.9 Å². The SMILES string of the molecule is CCCCCCC[N+](CCCCCCC)(CCCCCCC)C(C(=O)[O-])(C(=O)[O-])[N+](CCCCCCC)(CCCCCCC)CCCCCCC. The van der Waals surface area contributed by atoms with Crippen molar-refractivity contribution >= 4 is 11.9 Å². The standard InChI is InChI=1S/C45H90N2O4/c1-7-13-19-25-31-37-46(38-32-26-20-14-8-2,39-33-27-21-15-9-3)45(43(48)49,44(50)51)47(40-34-28-22-16-10-4,41-35-29-23-17-11-5)42-36-30-24-18-12-6/h7-42H2,1-6H3. The van der Waals surface area contributed by atoms with Gasteiger partial charge in [-0.25, -0.2) is 0 Å². The molecule has 0 saturated heterocycles. The molecule has 0 aromatic rings. The van der Waals surface area contributed by atoms with Crippen LogP contribution in [-0.4, -0.2) is 65.8 Å². The van der Waals surface area contributed by atoms with Gasteiger partial charge < -0.3 is 19.8 Å². The minimum absolute atomic E-state index is 0.112. The lowest BCUT2D eigenvalue weighted by Crippen LogP contribution is -2.90. The van der Waals surface area contributed by atoms with Gasteiger partial charge in [0.1, 0.15) is 0 Å². The van der Waals surface area contributed by atoms with Crippen LogP contribution >= 0.6 is 0 Å². The second kappa shape index (κ2) is 32.3. The molecule has 0 N–H and O–H groups in total. The monoisotopic (exact) mass is 723 g/mol. The van der Waals surface area contributed by atoms with Crippen LogP contribution < -0.4 is 10.2 Å². The van der Waals surface area contributed by atoms with E-state index in [0.29, 0.717) is 39.3 Å². The van der Waals surface area contributed by atoms with Crippen molar-refractivity contribution in [2.75, 3.05) is 39.3 Å². The molecule has 0 unspecified atom stereocenters. The van der Waals surface area contributed by atoms with Gasteiger partial charge in [0.05, 0.1) is 39.3 Å². The number of unbranched alkanes of at least 4 members (excludes halogenated alkanes) is 24. The predicted molar refractivity (Wildman–Crippen MR) is 215 cm³/mol. The normalized spacial score (nSPS) is 12.5. The first kappa shape index (κ1) is 49.9. The average Bonchev–Trinajstić information content (AvgIpc) is 3.10. The van der Waals surface area contributed by atoms with Gasteiger partial charge in [0, 0.05) is 0 Å². The summed E-state index contributed by atoms with van der Waals surface area (Å²) in [4.78, 5) is 28.8. The van der Waals surface area contributed by atoms with Gasteiger partial charge in [-0.1, -0.05) is 157 Å². The van der Waals surface area contributed by atoms with Gasteiger partial charge >= 0.3 is 5.66 Å². The molecule has 0 rings (SSSR count). The van der Waals surface area contributed by atoms with Crippen LogP contribution in [0.2, 0.25) is 0 Å². The minimum atomic E-state index is -2.11. The van der Waals surface area contributed by atoms with Crippen molar-refractivity contribution in [2.24, 2.45) is 0 Å². The van der Waals surface area contributed by atoms with E-state index in [0.717, 1.165) is 193 Å². The highest BCUT2D eigenvalue weighted by atomic mass is 16.4. The van der Waals surface area contributed by atoms with Crippen molar-refractivity contribution in [1.82, 2.24) is 0 Å². The van der Waals surface area contributed by atoms with E-state index < -0.39 is 17.6 Å². The summed E-state index contributed by atoms with van der Waals surface area (Å²) in [5.74, 6) is -2.73. The summed E-state index contributed by atoms with van der Waals surface area (Å²) >= 11 is 0. The second-order valence-corrected chi connectivity index (χ2v) is 16.4. The number of hydrogen-bond acceptors (Lipinski definition) is 4. The molecule has 0 atom stereocenters. The first-order valence-corrected chi connectivity index (χ1v) is 22.9. The Kier molecular flexibility index (Phi) is 31.6. The number of nitrogens with zero attached hydrogens (tertiary/aromatic N) is 2. The average molecular weight is 723 g/mol. The summed E-state index contributed by atoms with van der Waals surface area (Å²) < 4.78 is 0.224. The number of carboxylic acid groups (broad SMARTS) is 2. The molecule has 0 aliphatic rings. The van der Waals surface area contributed by atoms with E-state index in [-0.39, 0.29) is 8.97 Å². The number of hydrogen-bond donors (Lipinski definition) is 0. The molecule has 0 bridgehead atoms. The van der Waals surface area contributed by atoms with Crippen molar-refractivity contribution in [3.8, 4) is 0 Å². The summed E-state index contributed by atoms with van der Waals surface area (Å²) in [6.07, 6.45) is 31.7. The summed E-state index contributed by atoms with van der Waals surface area (Å²) in [5.41, 5.74) is -2.11. The van der Waals surface area contributed by atoms with E-state index in [1.165, 1.54) is 0 Å². The Balaban J connectivity index is 7.57. The van der Waals surface area contributed by atoms with Crippen molar-refractivity contribution in [1.29, 1.82) is 0 Å². The molecule has 0 spiro atoms. The van der Waals surface area contributed by atoms with Crippen molar-refractivity contribution in [2.45, 2.75) is 240 Å². The highest BCUT2D eigenvalue weighted by Crippen LogP contribution is 2.40. The summed E-state index contributed by atoms with van der Waals surface area (Å²) in [5, 5.41) is 28.8. The van der Waals surface area contributed by atoms with Crippen molar-refractivity contribution < 1.29 is 28.8 Å². The van der Waals surface area contributed by atoms with Gasteiger partial charge in [-0.05, 0) is 77.0 Å². The lowest BCUT2D eigenvalue weighted by Gasteiger charge is -2.62. The fraction of sp³-hybridized carbons (Fsp3) is 0.956. The van der Waals surface area contributed by atoms with Crippen LogP contribution in [0, 0.1) is 0 Å². The van der Waals surface area contributed by atoms with E-state index in [2.05, 4.69) is 41.5 Å². The number of rotatable bonds is 40. The summed E-state index contributed by atoms with van der Waals surface area (Å²) in [6, 6.07) is 0. The molecule has 0 aromatic carbocycles. The van der Waals surface area contributed by atoms with Gasteiger partial charge in [-0.2, -0.15) is 0 Å². The third-order valence-corrected chi connectivity index (χ3v) is 12.1. The Morgan fingerprint density at radius 3 is 0.608 bits per heavy atom. The summed E-state index contributed by atoms with van der Waals surface area (Å²) in [6.45, 7) is 16.9. The Morgan fingerprint density at radius 1 is 0.314 bits per heavy atom. The third-order valence-electron chi connectivity index (χ3n) is 12.1. The first-order chi connectivity index (χ1) is 24.8. The van der Waals surface area contributed by atoms with Crippen LogP contribution in [0.25, 0.3) is 0 Å². The molecule has 0 radical (unpaired) electrons. The molecule has 304 valence electrons. The fourth-order valence-corrected chi connectivity index (χ4v) is 9.06. The van der Waals surface area contributed by atoms with Gasteiger partial charge in [-0.15, -0.1) is 0 Å². The zero-order valence-corrected chi connectivity index (χ0v) is 35.5. The third kappa shape index (κ3) is 18.2. The zero-order chi connectivity index (χ0) is 38.1. The molecule has 0 fully saturated rings. The fourth-order valence-electron chi connectivity index (χ4n) is 9.06. The molecule has 6 heteroatoms. The Morgan fingerprint density at radius 2 is 0.471 bits per heavy atom. The van der Waals surface area contributed by atoms with Crippen LogP contribution in [0.5, 0.6) is 0 Å². The van der Waals surface area contributed by atoms with Crippen molar-refractivity contribution in [3.63, 3.8) is 0 Å². The molecule has 6 nitrogen and oxygen atoms in total. The van der Waals surface area contributed by atoms with E-state index in [4.69, 9.17) is 0 Å². The smallest absolute Gasteiger partial charge is 0.308 e.